The monoisotopic (exact) mass is 407 g/mol. The summed E-state index contributed by atoms with van der Waals surface area (Å²) in [6.07, 6.45) is 1.32. The molecule has 0 spiro atoms. The van der Waals surface area contributed by atoms with Gasteiger partial charge in [-0.15, -0.1) is 11.3 Å². The first-order valence-corrected chi connectivity index (χ1v) is 10.6. The molecule has 1 saturated heterocycles. The number of aliphatic hydroxyl groups excluding tert-OH is 1. The van der Waals surface area contributed by atoms with Crippen LogP contribution in [0.3, 0.4) is 0 Å². The number of thioether (sulfide) groups is 1. The summed E-state index contributed by atoms with van der Waals surface area (Å²) in [5.74, 6) is -2.13. The zero-order valence-electron chi connectivity index (χ0n) is 15.2. The van der Waals surface area contributed by atoms with E-state index in [0.717, 1.165) is 22.2 Å². The molecule has 3 N–H and O–H groups in total. The van der Waals surface area contributed by atoms with E-state index in [0.29, 0.717) is 4.91 Å². The number of aromatic nitrogens is 1. The zero-order chi connectivity index (χ0) is 19.5. The molecule has 1 amide bonds. The summed E-state index contributed by atoms with van der Waals surface area (Å²) in [5, 5.41) is 24.9. The SMILES string of the molecule is CC1NCC=C1c1csc(SC2=C(C(=O)O)N3C(=O)C(C(C)O)C3C2C)n1. The summed E-state index contributed by atoms with van der Waals surface area (Å²) in [6, 6.07) is -0.0529. The van der Waals surface area contributed by atoms with Crippen molar-refractivity contribution in [1.82, 2.24) is 15.2 Å². The number of fused-ring (bicyclic) bond motifs is 1. The third-order valence-electron chi connectivity index (χ3n) is 5.50. The van der Waals surface area contributed by atoms with Crippen molar-refractivity contribution >= 4 is 40.5 Å². The molecule has 5 unspecified atom stereocenters. The van der Waals surface area contributed by atoms with Gasteiger partial charge in [0.05, 0.1) is 23.8 Å². The number of aliphatic hydroxyl groups is 1. The molecule has 0 saturated carbocycles. The van der Waals surface area contributed by atoms with Gasteiger partial charge in [-0.25, -0.2) is 9.78 Å². The van der Waals surface area contributed by atoms with Crippen molar-refractivity contribution < 1.29 is 19.8 Å². The molecule has 27 heavy (non-hydrogen) atoms. The topological polar surface area (TPSA) is 103 Å². The summed E-state index contributed by atoms with van der Waals surface area (Å²) < 4.78 is 0.758. The molecule has 4 rings (SSSR count). The number of rotatable bonds is 5. The molecule has 0 bridgehead atoms. The van der Waals surface area contributed by atoms with E-state index in [9.17, 15) is 19.8 Å². The van der Waals surface area contributed by atoms with Gasteiger partial charge in [0.1, 0.15) is 5.70 Å². The Morgan fingerprint density at radius 3 is 2.81 bits per heavy atom. The van der Waals surface area contributed by atoms with Crippen molar-refractivity contribution in [3.8, 4) is 0 Å². The maximum Gasteiger partial charge on any atom is 0.353 e. The second kappa shape index (κ2) is 6.73. The Labute approximate surface area is 165 Å². The molecule has 144 valence electrons. The van der Waals surface area contributed by atoms with Crippen LogP contribution in [0.4, 0.5) is 0 Å². The smallest absolute Gasteiger partial charge is 0.353 e. The number of carbonyl (C=O) groups excluding carboxylic acids is 1. The highest BCUT2D eigenvalue weighted by atomic mass is 32.2. The van der Waals surface area contributed by atoms with Gasteiger partial charge in [-0.3, -0.25) is 4.79 Å². The van der Waals surface area contributed by atoms with Crippen molar-refractivity contribution in [2.75, 3.05) is 6.54 Å². The molecule has 7 nitrogen and oxygen atoms in total. The fourth-order valence-corrected chi connectivity index (χ4v) is 6.24. The Morgan fingerprint density at radius 1 is 1.48 bits per heavy atom. The van der Waals surface area contributed by atoms with E-state index >= 15 is 0 Å². The Bertz CT molecular complexity index is 876. The average molecular weight is 408 g/mol. The van der Waals surface area contributed by atoms with Gasteiger partial charge in [-0.05, 0) is 19.4 Å². The Balaban J connectivity index is 1.62. The minimum Gasteiger partial charge on any atom is -0.477 e. The second-order valence-corrected chi connectivity index (χ2v) is 9.31. The van der Waals surface area contributed by atoms with Gasteiger partial charge in [0, 0.05) is 28.8 Å². The number of carboxylic acid groups (broad SMARTS) is 1. The van der Waals surface area contributed by atoms with Crippen LogP contribution < -0.4 is 5.32 Å². The Kier molecular flexibility index (Phi) is 4.66. The zero-order valence-corrected chi connectivity index (χ0v) is 16.8. The van der Waals surface area contributed by atoms with Gasteiger partial charge in [0.25, 0.3) is 0 Å². The third kappa shape index (κ3) is 2.84. The first-order valence-electron chi connectivity index (χ1n) is 8.87. The van der Waals surface area contributed by atoms with E-state index in [2.05, 4.69) is 23.3 Å². The van der Waals surface area contributed by atoms with Crippen LogP contribution in [-0.4, -0.2) is 56.7 Å². The molecule has 0 radical (unpaired) electrons. The van der Waals surface area contributed by atoms with E-state index in [1.165, 1.54) is 28.0 Å². The maximum atomic E-state index is 12.4. The largest absolute Gasteiger partial charge is 0.477 e. The van der Waals surface area contributed by atoms with Crippen molar-refractivity contribution in [1.29, 1.82) is 0 Å². The Morgan fingerprint density at radius 2 is 2.22 bits per heavy atom. The number of nitrogens with zero attached hydrogens (tertiary/aromatic N) is 2. The lowest BCUT2D eigenvalue weighted by Gasteiger charge is -2.46. The number of nitrogens with one attached hydrogen (secondary N) is 1. The number of amides is 1. The van der Waals surface area contributed by atoms with Crippen LogP contribution in [0.5, 0.6) is 0 Å². The molecular formula is C18H21N3O4S2. The first-order chi connectivity index (χ1) is 12.8. The summed E-state index contributed by atoms with van der Waals surface area (Å²) in [5.41, 5.74) is 2.09. The molecule has 5 atom stereocenters. The molecule has 1 aromatic heterocycles. The van der Waals surface area contributed by atoms with Gasteiger partial charge in [-0.2, -0.15) is 0 Å². The van der Waals surface area contributed by atoms with E-state index in [-0.39, 0.29) is 29.6 Å². The summed E-state index contributed by atoms with van der Waals surface area (Å²) in [4.78, 5) is 30.9. The first kappa shape index (κ1) is 18.7. The predicted octanol–water partition coefficient (Wildman–Crippen LogP) is 1.76. The molecule has 1 aromatic rings. The van der Waals surface area contributed by atoms with Crippen LogP contribution in [0.2, 0.25) is 0 Å². The van der Waals surface area contributed by atoms with Gasteiger partial charge < -0.3 is 20.4 Å². The van der Waals surface area contributed by atoms with Gasteiger partial charge in [0.2, 0.25) is 5.91 Å². The lowest BCUT2D eigenvalue weighted by molar-refractivity contribution is -0.163. The highest BCUT2D eigenvalue weighted by Crippen LogP contribution is 2.52. The van der Waals surface area contributed by atoms with Crippen LogP contribution in [0.15, 0.2) is 26.4 Å². The maximum absolute atomic E-state index is 12.4. The minimum absolute atomic E-state index is 0.0336. The number of hydrogen-bond acceptors (Lipinski definition) is 7. The van der Waals surface area contributed by atoms with Crippen LogP contribution in [0, 0.1) is 11.8 Å². The van der Waals surface area contributed by atoms with Crippen molar-refractivity contribution in [3.05, 3.63) is 27.8 Å². The molecule has 4 heterocycles. The number of carboxylic acids is 1. The number of thiazole rings is 1. The standard InChI is InChI=1S/C18H21N3O4S2/c1-7-13-12(9(3)22)16(23)21(13)14(17(24)25)15(7)27-18-20-11(6-26-18)10-4-5-19-8(10)2/h4,6-9,12-13,19,22H,5H2,1-3H3,(H,24,25). The highest BCUT2D eigenvalue weighted by molar-refractivity contribution is 8.04. The van der Waals surface area contributed by atoms with E-state index in [1.807, 2.05) is 12.3 Å². The van der Waals surface area contributed by atoms with Crippen LogP contribution in [-0.2, 0) is 9.59 Å². The normalized spacial score (nSPS) is 31.0. The van der Waals surface area contributed by atoms with Crippen LogP contribution >= 0.6 is 23.1 Å². The quantitative estimate of drug-likeness (QED) is 0.639. The van der Waals surface area contributed by atoms with Crippen molar-refractivity contribution in [2.24, 2.45) is 11.8 Å². The second-order valence-electron chi connectivity index (χ2n) is 7.16. The van der Waals surface area contributed by atoms with Crippen molar-refractivity contribution in [3.63, 3.8) is 0 Å². The number of carbonyl (C=O) groups is 2. The van der Waals surface area contributed by atoms with Crippen molar-refractivity contribution in [2.45, 2.75) is 43.3 Å². The summed E-state index contributed by atoms with van der Waals surface area (Å²) in [6.45, 7) is 6.40. The molecule has 3 aliphatic heterocycles. The lowest BCUT2D eigenvalue weighted by Crippen LogP contribution is -2.63. The number of aliphatic carboxylic acids is 1. The van der Waals surface area contributed by atoms with E-state index in [4.69, 9.17) is 0 Å². The summed E-state index contributed by atoms with van der Waals surface area (Å²) in [7, 11) is 0. The molecule has 3 aliphatic rings. The van der Waals surface area contributed by atoms with Gasteiger partial charge in [-0.1, -0.05) is 24.8 Å². The summed E-state index contributed by atoms with van der Waals surface area (Å²) >= 11 is 2.80. The highest BCUT2D eigenvalue weighted by Gasteiger charge is 2.60. The van der Waals surface area contributed by atoms with Crippen LogP contribution in [0.25, 0.3) is 5.57 Å². The number of hydrogen-bond donors (Lipinski definition) is 3. The van der Waals surface area contributed by atoms with Gasteiger partial charge in [0.15, 0.2) is 4.34 Å². The van der Waals surface area contributed by atoms with E-state index in [1.54, 1.807) is 6.92 Å². The molecule has 9 heteroatoms. The molecular weight excluding hydrogens is 386 g/mol. The average Bonchev–Trinajstić information content (AvgIpc) is 3.27. The van der Waals surface area contributed by atoms with Crippen LogP contribution in [0.1, 0.15) is 26.5 Å². The predicted molar refractivity (Wildman–Crippen MR) is 103 cm³/mol. The third-order valence-corrected chi connectivity index (χ3v) is 7.72. The van der Waals surface area contributed by atoms with E-state index < -0.39 is 18.0 Å². The fourth-order valence-electron chi connectivity index (χ4n) is 4.15. The Hall–Kier alpha value is -1.68. The minimum atomic E-state index is -1.11. The fraction of sp³-hybridized carbons (Fsp3) is 0.500. The molecule has 0 aliphatic carbocycles. The lowest BCUT2D eigenvalue weighted by atomic mass is 9.79. The van der Waals surface area contributed by atoms with Gasteiger partial charge >= 0.3 is 5.97 Å². The molecule has 0 aromatic carbocycles. The molecule has 1 fully saturated rings. The number of β-lactam (4-membered cyclic amide) rings is 1.